The van der Waals surface area contributed by atoms with Crippen molar-refractivity contribution in [3.63, 3.8) is 0 Å². The lowest BCUT2D eigenvalue weighted by atomic mass is 10.3. The first-order valence-corrected chi connectivity index (χ1v) is 6.93. The largest absolute Gasteiger partial charge is 0.465 e. The molecule has 0 aliphatic carbocycles. The number of ether oxygens (including phenoxy) is 1. The lowest BCUT2D eigenvalue weighted by Gasteiger charge is -2.10. The zero-order valence-electron chi connectivity index (χ0n) is 9.86. The van der Waals surface area contributed by atoms with Crippen LogP contribution in [0.3, 0.4) is 0 Å². The van der Waals surface area contributed by atoms with Crippen LogP contribution in [0, 0.1) is 11.3 Å². The Hall–Kier alpha value is -1.45. The van der Waals surface area contributed by atoms with E-state index in [9.17, 15) is 4.79 Å². The topological polar surface area (TPSA) is 62.1 Å². The third kappa shape index (κ3) is 3.79. The van der Waals surface area contributed by atoms with Gasteiger partial charge in [-0.25, -0.2) is 4.79 Å². The molecule has 0 heterocycles. The number of benzene rings is 1. The molecule has 0 atom stereocenters. The predicted octanol–water partition coefficient (Wildman–Crippen LogP) is 3.13. The molecule has 0 amide bonds. The molecule has 0 aliphatic rings. The van der Waals surface area contributed by atoms with E-state index in [2.05, 4.69) is 26.0 Å². The number of halogens is 1. The number of anilines is 1. The minimum Gasteiger partial charge on any atom is -0.465 e. The maximum Gasteiger partial charge on any atom is 0.351 e. The second-order valence-electron chi connectivity index (χ2n) is 3.14. The minimum atomic E-state index is -0.647. The zero-order valence-corrected chi connectivity index (χ0v) is 12.3. The highest BCUT2D eigenvalue weighted by Crippen LogP contribution is 2.22. The highest BCUT2D eigenvalue weighted by atomic mass is 79.9. The van der Waals surface area contributed by atoms with Crippen molar-refractivity contribution in [3.8, 4) is 6.07 Å². The molecular formula is C12H11BrN2O2S. The van der Waals surface area contributed by atoms with Crippen LogP contribution in [0.15, 0.2) is 39.3 Å². The number of carbonyl (C=O) groups is 1. The van der Waals surface area contributed by atoms with E-state index in [1.165, 1.54) is 18.9 Å². The van der Waals surface area contributed by atoms with Gasteiger partial charge in [-0.1, -0.05) is 15.9 Å². The molecular weight excluding hydrogens is 316 g/mol. The van der Waals surface area contributed by atoms with Crippen molar-refractivity contribution >= 4 is 39.3 Å². The molecule has 0 saturated carbocycles. The third-order valence-electron chi connectivity index (χ3n) is 2.03. The summed E-state index contributed by atoms with van der Waals surface area (Å²) >= 11 is 4.61. The summed E-state index contributed by atoms with van der Waals surface area (Å²) in [6, 6.07) is 9.26. The number of hydrogen-bond acceptors (Lipinski definition) is 5. The highest BCUT2D eigenvalue weighted by molar-refractivity contribution is 9.10. The van der Waals surface area contributed by atoms with E-state index in [-0.39, 0.29) is 5.57 Å². The lowest BCUT2D eigenvalue weighted by molar-refractivity contribution is -0.135. The van der Waals surface area contributed by atoms with Gasteiger partial charge < -0.3 is 10.1 Å². The van der Waals surface area contributed by atoms with Crippen LogP contribution >= 0.6 is 27.7 Å². The van der Waals surface area contributed by atoms with Crippen molar-refractivity contribution < 1.29 is 9.53 Å². The number of nitrogens with zero attached hydrogens (tertiary/aromatic N) is 1. The SMILES string of the molecule is COC(=O)/C(C#N)=C(/Nc1ccc(Br)cc1)SC. The molecule has 18 heavy (non-hydrogen) atoms. The van der Waals surface area contributed by atoms with Crippen molar-refractivity contribution in [2.45, 2.75) is 0 Å². The molecule has 94 valence electrons. The summed E-state index contributed by atoms with van der Waals surface area (Å²) in [5.41, 5.74) is 0.757. The van der Waals surface area contributed by atoms with Gasteiger partial charge in [0.1, 0.15) is 6.07 Å². The summed E-state index contributed by atoms with van der Waals surface area (Å²) < 4.78 is 5.52. The van der Waals surface area contributed by atoms with E-state index < -0.39 is 5.97 Å². The van der Waals surface area contributed by atoms with E-state index in [1.807, 2.05) is 30.3 Å². The summed E-state index contributed by atoms with van der Waals surface area (Å²) in [5.74, 6) is -0.647. The van der Waals surface area contributed by atoms with Gasteiger partial charge in [0.2, 0.25) is 0 Å². The molecule has 0 aromatic heterocycles. The molecule has 0 unspecified atom stereocenters. The van der Waals surface area contributed by atoms with Gasteiger partial charge in [-0.05, 0) is 30.5 Å². The van der Waals surface area contributed by atoms with Gasteiger partial charge in [0.05, 0.1) is 12.1 Å². The maximum absolute atomic E-state index is 11.4. The van der Waals surface area contributed by atoms with E-state index in [0.717, 1.165) is 10.2 Å². The van der Waals surface area contributed by atoms with Crippen LogP contribution in [0.2, 0.25) is 0 Å². The van der Waals surface area contributed by atoms with E-state index in [1.54, 1.807) is 6.26 Å². The fourth-order valence-corrected chi connectivity index (χ4v) is 1.99. The zero-order chi connectivity index (χ0) is 13.5. The molecule has 4 nitrogen and oxygen atoms in total. The average molecular weight is 327 g/mol. The second-order valence-corrected chi connectivity index (χ2v) is 4.88. The molecule has 0 fully saturated rings. The number of carbonyl (C=O) groups excluding carboxylic acids is 1. The van der Waals surface area contributed by atoms with Gasteiger partial charge >= 0.3 is 5.97 Å². The first-order chi connectivity index (χ1) is 8.62. The number of nitriles is 1. The molecule has 1 N–H and O–H groups in total. The molecule has 1 aromatic carbocycles. The van der Waals surface area contributed by atoms with Crippen LogP contribution in [0.1, 0.15) is 0 Å². The van der Waals surface area contributed by atoms with Crippen molar-refractivity contribution in [1.82, 2.24) is 0 Å². The van der Waals surface area contributed by atoms with Gasteiger partial charge in [0.15, 0.2) is 5.57 Å². The summed E-state index contributed by atoms with van der Waals surface area (Å²) in [5, 5.41) is 12.5. The van der Waals surface area contributed by atoms with Crippen LogP contribution in [0.4, 0.5) is 5.69 Å². The Kier molecular flexibility index (Phi) is 5.75. The maximum atomic E-state index is 11.4. The van der Waals surface area contributed by atoms with E-state index >= 15 is 0 Å². The Balaban J connectivity index is 3.03. The Labute approximate surface area is 118 Å². The fraction of sp³-hybridized carbons (Fsp3) is 0.167. The first-order valence-electron chi connectivity index (χ1n) is 4.91. The van der Waals surface area contributed by atoms with Gasteiger partial charge in [-0.15, -0.1) is 11.8 Å². The van der Waals surface area contributed by atoms with Crippen molar-refractivity contribution in [1.29, 1.82) is 5.26 Å². The molecule has 0 aliphatic heterocycles. The molecule has 0 radical (unpaired) electrons. The van der Waals surface area contributed by atoms with Crippen LogP contribution in [-0.2, 0) is 9.53 Å². The molecule has 0 spiro atoms. The quantitative estimate of drug-likeness (QED) is 0.523. The van der Waals surface area contributed by atoms with Crippen molar-refractivity contribution in [2.75, 3.05) is 18.7 Å². The second kappa shape index (κ2) is 7.09. The predicted molar refractivity (Wildman–Crippen MR) is 75.9 cm³/mol. The Morgan fingerprint density at radius 1 is 1.44 bits per heavy atom. The number of thioether (sulfide) groups is 1. The normalized spacial score (nSPS) is 11.2. The van der Waals surface area contributed by atoms with Gasteiger partial charge in [-0.2, -0.15) is 5.26 Å². The molecule has 0 saturated heterocycles. The van der Waals surface area contributed by atoms with Crippen LogP contribution < -0.4 is 5.32 Å². The third-order valence-corrected chi connectivity index (χ3v) is 3.28. The summed E-state index contributed by atoms with van der Waals surface area (Å²) in [7, 11) is 1.25. The first kappa shape index (κ1) is 14.6. The van der Waals surface area contributed by atoms with Crippen LogP contribution in [0.5, 0.6) is 0 Å². The van der Waals surface area contributed by atoms with Crippen molar-refractivity contribution in [2.24, 2.45) is 0 Å². The number of esters is 1. The average Bonchev–Trinajstić information content (AvgIpc) is 2.40. The van der Waals surface area contributed by atoms with E-state index in [4.69, 9.17) is 5.26 Å². The van der Waals surface area contributed by atoms with Crippen molar-refractivity contribution in [3.05, 3.63) is 39.3 Å². The van der Waals surface area contributed by atoms with Gasteiger partial charge in [0, 0.05) is 10.2 Å². The molecule has 0 bridgehead atoms. The van der Waals surface area contributed by atoms with Gasteiger partial charge in [0.25, 0.3) is 0 Å². The number of methoxy groups -OCH3 is 1. The monoisotopic (exact) mass is 326 g/mol. The Morgan fingerprint density at radius 3 is 2.50 bits per heavy atom. The molecule has 1 rings (SSSR count). The molecule has 6 heteroatoms. The smallest absolute Gasteiger partial charge is 0.351 e. The van der Waals surface area contributed by atoms with Crippen LogP contribution in [0.25, 0.3) is 0 Å². The number of nitrogens with one attached hydrogen (secondary N) is 1. The Bertz CT molecular complexity index is 506. The summed E-state index contributed by atoms with van der Waals surface area (Å²) in [4.78, 5) is 11.4. The standard InChI is InChI=1S/C12H11BrN2O2S/c1-17-12(16)10(7-14)11(18-2)15-9-5-3-8(13)4-6-9/h3-6,15H,1-2H3/b11-10-. The Morgan fingerprint density at radius 2 is 2.06 bits per heavy atom. The summed E-state index contributed by atoms with van der Waals surface area (Å²) in [6.45, 7) is 0. The highest BCUT2D eigenvalue weighted by Gasteiger charge is 2.15. The fourth-order valence-electron chi connectivity index (χ4n) is 1.17. The lowest BCUT2D eigenvalue weighted by Crippen LogP contribution is -2.09. The van der Waals surface area contributed by atoms with E-state index in [0.29, 0.717) is 5.03 Å². The van der Waals surface area contributed by atoms with Crippen LogP contribution in [-0.4, -0.2) is 19.3 Å². The van der Waals surface area contributed by atoms with Gasteiger partial charge in [-0.3, -0.25) is 0 Å². The number of rotatable bonds is 4. The summed E-state index contributed by atoms with van der Waals surface area (Å²) in [6.07, 6.45) is 1.78. The minimum absolute atomic E-state index is 0.0343. The molecule has 1 aromatic rings. The number of hydrogen-bond donors (Lipinski definition) is 1.